The topological polar surface area (TPSA) is 39.2 Å². The van der Waals surface area contributed by atoms with E-state index in [2.05, 4.69) is 4.98 Å². The summed E-state index contributed by atoms with van der Waals surface area (Å²) in [5.41, 5.74) is 3.98. The summed E-state index contributed by atoms with van der Waals surface area (Å²) in [6.45, 7) is 4.19. The second-order valence-electron chi connectivity index (χ2n) is 4.34. The number of esters is 1. The molecule has 0 amide bonds. The predicted octanol–water partition coefficient (Wildman–Crippen LogP) is 3.63. The van der Waals surface area contributed by atoms with Gasteiger partial charge in [0.05, 0.1) is 12.3 Å². The maximum absolute atomic E-state index is 11.4. The molecule has 20 heavy (non-hydrogen) atoms. The second kappa shape index (κ2) is 6.66. The van der Waals surface area contributed by atoms with Gasteiger partial charge in [-0.3, -0.25) is 4.98 Å². The maximum atomic E-state index is 11.4. The molecule has 0 radical (unpaired) electrons. The maximum Gasteiger partial charge on any atom is 0.330 e. The summed E-state index contributed by atoms with van der Waals surface area (Å²) in [5, 5.41) is 0. The molecule has 0 fully saturated rings. The third-order valence-corrected chi connectivity index (χ3v) is 2.91. The van der Waals surface area contributed by atoms with E-state index in [1.807, 2.05) is 43.3 Å². The molecule has 0 saturated carbocycles. The number of hydrogen-bond donors (Lipinski definition) is 0. The van der Waals surface area contributed by atoms with E-state index in [-0.39, 0.29) is 5.97 Å². The standard InChI is InChI=1S/C17H17NO2/c1-3-20-16(19)11-10-14-8-4-5-9-15(14)17-13(2)7-6-12-18-17/h4-12H,3H2,1-2H3/b11-10+. The van der Waals surface area contributed by atoms with Crippen molar-refractivity contribution in [1.82, 2.24) is 4.98 Å². The molecule has 3 heteroatoms. The summed E-state index contributed by atoms with van der Waals surface area (Å²) in [6.07, 6.45) is 4.98. The van der Waals surface area contributed by atoms with E-state index in [4.69, 9.17) is 4.74 Å². The summed E-state index contributed by atoms with van der Waals surface area (Å²) < 4.78 is 4.89. The van der Waals surface area contributed by atoms with Gasteiger partial charge in [0.1, 0.15) is 0 Å². The van der Waals surface area contributed by atoms with Gasteiger partial charge >= 0.3 is 5.97 Å². The fourth-order valence-electron chi connectivity index (χ4n) is 1.97. The zero-order chi connectivity index (χ0) is 14.4. The Labute approximate surface area is 118 Å². The van der Waals surface area contributed by atoms with E-state index < -0.39 is 0 Å². The number of carbonyl (C=O) groups is 1. The molecule has 2 rings (SSSR count). The van der Waals surface area contributed by atoms with Crippen LogP contribution in [0, 0.1) is 6.92 Å². The first-order chi connectivity index (χ1) is 9.72. The lowest BCUT2D eigenvalue weighted by Gasteiger charge is -2.08. The number of carbonyl (C=O) groups excluding carboxylic acids is 1. The van der Waals surface area contributed by atoms with Crippen LogP contribution in [0.4, 0.5) is 0 Å². The van der Waals surface area contributed by atoms with E-state index in [9.17, 15) is 4.79 Å². The number of aromatic nitrogens is 1. The Morgan fingerprint density at radius 3 is 2.80 bits per heavy atom. The molecule has 102 valence electrons. The van der Waals surface area contributed by atoms with Crippen molar-refractivity contribution in [2.75, 3.05) is 6.61 Å². The van der Waals surface area contributed by atoms with Crippen molar-refractivity contribution >= 4 is 12.0 Å². The number of benzene rings is 1. The zero-order valence-corrected chi connectivity index (χ0v) is 11.7. The lowest BCUT2D eigenvalue weighted by atomic mass is 10.0. The molecule has 1 aromatic carbocycles. The van der Waals surface area contributed by atoms with Gasteiger partial charge in [0.15, 0.2) is 0 Å². The monoisotopic (exact) mass is 267 g/mol. The number of pyridine rings is 1. The van der Waals surface area contributed by atoms with Crippen LogP contribution in [0.3, 0.4) is 0 Å². The number of ether oxygens (including phenoxy) is 1. The summed E-state index contributed by atoms with van der Waals surface area (Å²) in [6, 6.07) is 11.8. The zero-order valence-electron chi connectivity index (χ0n) is 11.7. The highest BCUT2D eigenvalue weighted by molar-refractivity contribution is 5.89. The molecule has 0 N–H and O–H groups in total. The van der Waals surface area contributed by atoms with Crippen LogP contribution in [0.5, 0.6) is 0 Å². The first-order valence-corrected chi connectivity index (χ1v) is 6.58. The van der Waals surface area contributed by atoms with Crippen LogP contribution < -0.4 is 0 Å². The molecular weight excluding hydrogens is 250 g/mol. The Morgan fingerprint density at radius 1 is 1.25 bits per heavy atom. The normalized spacial score (nSPS) is 10.7. The number of nitrogens with zero attached hydrogens (tertiary/aromatic N) is 1. The van der Waals surface area contributed by atoms with E-state index >= 15 is 0 Å². The van der Waals surface area contributed by atoms with E-state index in [1.54, 1.807) is 19.2 Å². The van der Waals surface area contributed by atoms with Crippen molar-refractivity contribution < 1.29 is 9.53 Å². The molecule has 0 aliphatic carbocycles. The highest BCUT2D eigenvalue weighted by Gasteiger charge is 2.06. The Hall–Kier alpha value is -2.42. The van der Waals surface area contributed by atoms with Gasteiger partial charge in [0.2, 0.25) is 0 Å². The molecule has 0 aliphatic heterocycles. The molecule has 0 saturated heterocycles. The van der Waals surface area contributed by atoms with Gasteiger partial charge in [0, 0.05) is 17.8 Å². The molecule has 2 aromatic rings. The van der Waals surface area contributed by atoms with Crippen LogP contribution in [-0.4, -0.2) is 17.6 Å². The first-order valence-electron chi connectivity index (χ1n) is 6.58. The quantitative estimate of drug-likeness (QED) is 0.627. The second-order valence-corrected chi connectivity index (χ2v) is 4.34. The largest absolute Gasteiger partial charge is 0.463 e. The minimum absolute atomic E-state index is 0.333. The van der Waals surface area contributed by atoms with Crippen molar-refractivity contribution in [3.8, 4) is 11.3 Å². The van der Waals surface area contributed by atoms with Crippen molar-refractivity contribution in [1.29, 1.82) is 0 Å². The first kappa shape index (κ1) is 14.0. The minimum Gasteiger partial charge on any atom is -0.463 e. The van der Waals surface area contributed by atoms with Crippen LogP contribution >= 0.6 is 0 Å². The Bertz CT molecular complexity index is 632. The molecule has 0 bridgehead atoms. The SMILES string of the molecule is CCOC(=O)/C=C/c1ccccc1-c1ncccc1C. The summed E-state index contributed by atoms with van der Waals surface area (Å²) in [4.78, 5) is 15.8. The predicted molar refractivity (Wildman–Crippen MR) is 80.1 cm³/mol. The molecule has 3 nitrogen and oxygen atoms in total. The van der Waals surface area contributed by atoms with Crippen molar-refractivity contribution in [3.05, 3.63) is 59.8 Å². The lowest BCUT2D eigenvalue weighted by Crippen LogP contribution is -1.99. The van der Waals surface area contributed by atoms with Gasteiger partial charge in [0.25, 0.3) is 0 Å². The van der Waals surface area contributed by atoms with Crippen LogP contribution in [0.15, 0.2) is 48.7 Å². The van der Waals surface area contributed by atoms with E-state index in [0.717, 1.165) is 22.4 Å². The van der Waals surface area contributed by atoms with Crippen molar-refractivity contribution in [2.24, 2.45) is 0 Å². The number of aryl methyl sites for hydroxylation is 1. The van der Waals surface area contributed by atoms with Crippen molar-refractivity contribution in [3.63, 3.8) is 0 Å². The molecule has 0 unspecified atom stereocenters. The van der Waals surface area contributed by atoms with Gasteiger partial charge in [-0.15, -0.1) is 0 Å². The molecule has 1 aromatic heterocycles. The smallest absolute Gasteiger partial charge is 0.330 e. The van der Waals surface area contributed by atoms with Crippen LogP contribution in [0.1, 0.15) is 18.1 Å². The summed E-state index contributed by atoms with van der Waals surface area (Å²) in [5.74, 6) is -0.333. The molecule has 0 spiro atoms. The average Bonchev–Trinajstić information content (AvgIpc) is 2.46. The third-order valence-electron chi connectivity index (χ3n) is 2.91. The van der Waals surface area contributed by atoms with Gasteiger partial charge in [-0.25, -0.2) is 4.79 Å². The summed E-state index contributed by atoms with van der Waals surface area (Å²) in [7, 11) is 0. The number of hydrogen-bond acceptors (Lipinski definition) is 3. The van der Waals surface area contributed by atoms with Crippen LogP contribution in [0.2, 0.25) is 0 Å². The van der Waals surface area contributed by atoms with Crippen LogP contribution in [0.25, 0.3) is 17.3 Å². The Morgan fingerprint density at radius 2 is 2.05 bits per heavy atom. The van der Waals surface area contributed by atoms with E-state index in [0.29, 0.717) is 6.61 Å². The minimum atomic E-state index is -0.333. The molecule has 0 aliphatic rings. The van der Waals surface area contributed by atoms with Gasteiger partial charge in [-0.1, -0.05) is 30.3 Å². The van der Waals surface area contributed by atoms with Gasteiger partial charge < -0.3 is 4.74 Å². The van der Waals surface area contributed by atoms with Crippen molar-refractivity contribution in [2.45, 2.75) is 13.8 Å². The average molecular weight is 267 g/mol. The lowest BCUT2D eigenvalue weighted by molar-refractivity contribution is -0.137. The fraction of sp³-hybridized carbons (Fsp3) is 0.176. The molecular formula is C17H17NO2. The fourth-order valence-corrected chi connectivity index (χ4v) is 1.97. The molecule has 0 atom stereocenters. The van der Waals surface area contributed by atoms with Gasteiger partial charge in [-0.2, -0.15) is 0 Å². The highest BCUT2D eigenvalue weighted by atomic mass is 16.5. The summed E-state index contributed by atoms with van der Waals surface area (Å²) >= 11 is 0. The highest BCUT2D eigenvalue weighted by Crippen LogP contribution is 2.25. The van der Waals surface area contributed by atoms with Crippen LogP contribution in [-0.2, 0) is 9.53 Å². The van der Waals surface area contributed by atoms with E-state index in [1.165, 1.54) is 6.08 Å². The third kappa shape index (κ3) is 3.32. The Kier molecular flexibility index (Phi) is 4.66. The molecule has 1 heterocycles. The van der Waals surface area contributed by atoms with Gasteiger partial charge in [-0.05, 0) is 37.1 Å². The Balaban J connectivity index is 2.37. The number of rotatable bonds is 4.